The van der Waals surface area contributed by atoms with E-state index >= 15 is 0 Å². The average molecular weight is 801 g/mol. The van der Waals surface area contributed by atoms with Gasteiger partial charge in [-0.3, -0.25) is 14.4 Å². The number of likely N-dealkylation sites (tertiary alicyclic amines) is 1. The molecule has 2 aromatic rings. The van der Waals surface area contributed by atoms with Gasteiger partial charge in [-0.25, -0.2) is 4.98 Å². The summed E-state index contributed by atoms with van der Waals surface area (Å²) >= 11 is 1.59. The number of piperazine rings is 1. The molecule has 3 aliphatic carbocycles. The van der Waals surface area contributed by atoms with Gasteiger partial charge < -0.3 is 35.3 Å². The smallest absolute Gasteiger partial charge is 0.316 e. The normalized spacial score (nSPS) is 34.1. The molecule has 55 heavy (non-hydrogen) atoms. The molecule has 4 N–H and O–H groups in total. The number of anilines is 2. The molecule has 2 saturated heterocycles. The number of aliphatic hydroxyl groups is 1. The number of carbonyl (C=O) groups is 3. The van der Waals surface area contributed by atoms with E-state index in [2.05, 4.69) is 52.5 Å². The Balaban J connectivity index is 0.00000514. The number of halogens is 1. The molecule has 2 aromatic heterocycles. The summed E-state index contributed by atoms with van der Waals surface area (Å²) in [6.45, 7) is 17.9. The number of carbonyl (C=O) groups excluding carboxylic acids is 3. The Morgan fingerprint density at radius 1 is 1.13 bits per heavy atom. The van der Waals surface area contributed by atoms with Crippen LogP contribution in [-0.2, 0) is 25.7 Å². The number of nitrogens with one attached hydrogen (secondary N) is 1. The molecular formula is C40H61ClN8O5S. The predicted molar refractivity (Wildman–Crippen MR) is 218 cm³/mol. The summed E-state index contributed by atoms with van der Waals surface area (Å²) in [6.07, 6.45) is 8.14. The van der Waals surface area contributed by atoms with Crippen LogP contribution in [0.2, 0.25) is 0 Å². The lowest BCUT2D eigenvalue weighted by molar-refractivity contribution is -0.205. The Labute approximate surface area is 335 Å². The summed E-state index contributed by atoms with van der Waals surface area (Å²) in [5.41, 5.74) is 6.01. The molecule has 304 valence electrons. The number of thioether (sulfide) groups is 1. The lowest BCUT2D eigenvalue weighted by Crippen LogP contribution is -2.63. The fraction of sp³-hybridized carbons (Fsp3) is 0.750. The fourth-order valence-electron chi connectivity index (χ4n) is 10.9. The Morgan fingerprint density at radius 3 is 2.56 bits per heavy atom. The highest BCUT2D eigenvalue weighted by molar-refractivity contribution is 7.99. The van der Waals surface area contributed by atoms with Crippen molar-refractivity contribution in [1.82, 2.24) is 29.7 Å². The molecule has 4 heterocycles. The van der Waals surface area contributed by atoms with Crippen molar-refractivity contribution >= 4 is 64.8 Å². The SMILES string of the molecule is C=C[C@]1(C)C[C@@H](OC(=O)CSCC2CCN(C(=O)CCn3cnc4c(N5CCNCC5)nc(N)nc43)CC2)[C@]2(C)[C@H](C)CC[C@]3(CCC(=O)[C@@H]32)[C@@H](C)[C@@H]1O.Cl. The average Bonchev–Trinajstić information content (AvgIpc) is 3.75. The molecule has 7 rings (SSSR count). The fourth-order valence-corrected chi connectivity index (χ4v) is 12.0. The zero-order valence-corrected chi connectivity index (χ0v) is 34.6. The summed E-state index contributed by atoms with van der Waals surface area (Å²) in [4.78, 5) is 58.2. The maximum Gasteiger partial charge on any atom is 0.316 e. The molecule has 2 aliphatic heterocycles. The van der Waals surface area contributed by atoms with Crippen molar-refractivity contribution in [3.63, 3.8) is 0 Å². The van der Waals surface area contributed by atoms with Crippen LogP contribution >= 0.6 is 24.2 Å². The molecule has 0 unspecified atom stereocenters. The van der Waals surface area contributed by atoms with Crippen LogP contribution in [-0.4, -0.2) is 110 Å². The summed E-state index contributed by atoms with van der Waals surface area (Å²) in [6, 6.07) is 0. The maximum absolute atomic E-state index is 13.7. The molecule has 15 heteroatoms. The van der Waals surface area contributed by atoms with Crippen molar-refractivity contribution in [2.45, 2.75) is 97.8 Å². The van der Waals surface area contributed by atoms with E-state index in [1.165, 1.54) is 0 Å². The number of ketones is 1. The van der Waals surface area contributed by atoms with Crippen LogP contribution in [0.25, 0.3) is 11.2 Å². The van der Waals surface area contributed by atoms with E-state index in [-0.39, 0.29) is 64.9 Å². The number of nitrogens with two attached hydrogens (primary N) is 1. The zero-order valence-electron chi connectivity index (χ0n) is 33.0. The number of aryl methyl sites for hydroxylation is 1. The number of nitrogens with zero attached hydrogens (tertiary/aromatic N) is 6. The minimum Gasteiger partial charge on any atom is -0.461 e. The molecule has 0 spiro atoms. The molecule has 1 amide bonds. The summed E-state index contributed by atoms with van der Waals surface area (Å²) in [7, 11) is 0. The lowest BCUT2D eigenvalue weighted by Gasteiger charge is -2.61. The van der Waals surface area contributed by atoms with E-state index in [0.29, 0.717) is 56.0 Å². The van der Waals surface area contributed by atoms with Crippen molar-refractivity contribution < 1.29 is 24.2 Å². The first-order valence-corrected chi connectivity index (χ1v) is 21.3. The van der Waals surface area contributed by atoms with Gasteiger partial charge in [-0.2, -0.15) is 9.97 Å². The number of aliphatic hydroxyl groups excluding tert-OH is 1. The zero-order chi connectivity index (χ0) is 38.4. The number of nitrogen functional groups attached to an aromatic ring is 1. The predicted octanol–water partition coefficient (Wildman–Crippen LogP) is 4.51. The molecule has 2 bridgehead atoms. The maximum atomic E-state index is 13.7. The topological polar surface area (TPSA) is 169 Å². The second-order valence-corrected chi connectivity index (χ2v) is 18.4. The van der Waals surface area contributed by atoms with Crippen LogP contribution in [0.1, 0.15) is 79.1 Å². The number of aromatic nitrogens is 4. The number of Topliss-reactive ketones (excluding diaryl/α,β-unsaturated/α-hetero) is 1. The highest BCUT2D eigenvalue weighted by Crippen LogP contribution is 2.68. The number of piperidine rings is 1. The second kappa shape index (κ2) is 16.5. The van der Waals surface area contributed by atoms with E-state index in [4.69, 9.17) is 10.5 Å². The van der Waals surface area contributed by atoms with E-state index in [1.807, 2.05) is 22.5 Å². The van der Waals surface area contributed by atoms with Crippen molar-refractivity contribution in [2.75, 3.05) is 61.4 Å². The van der Waals surface area contributed by atoms with Gasteiger partial charge in [0.15, 0.2) is 17.0 Å². The van der Waals surface area contributed by atoms with Gasteiger partial charge in [-0.15, -0.1) is 30.7 Å². The number of hydrogen-bond donors (Lipinski definition) is 3. The summed E-state index contributed by atoms with van der Waals surface area (Å²) < 4.78 is 8.33. The Bertz CT molecular complexity index is 1750. The van der Waals surface area contributed by atoms with Crippen LogP contribution in [0.15, 0.2) is 19.0 Å². The van der Waals surface area contributed by atoms with Crippen LogP contribution < -0.4 is 16.0 Å². The van der Waals surface area contributed by atoms with Crippen molar-refractivity contribution in [3.8, 4) is 0 Å². The minimum absolute atomic E-state index is 0. The Kier molecular flexibility index (Phi) is 12.5. The molecule has 5 aliphatic rings. The quantitative estimate of drug-likeness (QED) is 0.228. The molecular weight excluding hydrogens is 740 g/mol. The van der Waals surface area contributed by atoms with Gasteiger partial charge in [0.05, 0.1) is 18.2 Å². The molecule has 5 fully saturated rings. The van der Waals surface area contributed by atoms with Gasteiger partial charge in [0.2, 0.25) is 11.9 Å². The third-order valence-corrected chi connectivity index (χ3v) is 15.7. The number of amides is 1. The van der Waals surface area contributed by atoms with Crippen molar-refractivity contribution in [2.24, 2.45) is 39.9 Å². The molecule has 0 aromatic carbocycles. The highest BCUT2D eigenvalue weighted by atomic mass is 35.5. The van der Waals surface area contributed by atoms with E-state index in [1.54, 1.807) is 18.1 Å². The number of fused-ring (bicyclic) bond motifs is 1. The van der Waals surface area contributed by atoms with E-state index < -0.39 is 23.0 Å². The van der Waals surface area contributed by atoms with Gasteiger partial charge in [-0.1, -0.05) is 33.8 Å². The van der Waals surface area contributed by atoms with Crippen LogP contribution in [0.4, 0.5) is 11.8 Å². The largest absolute Gasteiger partial charge is 0.461 e. The first-order valence-electron chi connectivity index (χ1n) is 20.1. The van der Waals surface area contributed by atoms with Gasteiger partial charge in [0, 0.05) is 75.4 Å². The van der Waals surface area contributed by atoms with Gasteiger partial charge >= 0.3 is 5.97 Å². The van der Waals surface area contributed by atoms with Crippen molar-refractivity contribution in [3.05, 3.63) is 19.0 Å². The van der Waals surface area contributed by atoms with Gasteiger partial charge in [-0.05, 0) is 67.4 Å². The summed E-state index contributed by atoms with van der Waals surface area (Å²) in [5, 5.41) is 15.1. The monoisotopic (exact) mass is 800 g/mol. The first kappa shape index (κ1) is 41.7. The van der Waals surface area contributed by atoms with Crippen LogP contribution in [0.3, 0.4) is 0 Å². The van der Waals surface area contributed by atoms with E-state index in [9.17, 15) is 19.5 Å². The van der Waals surface area contributed by atoms with Crippen LogP contribution in [0.5, 0.6) is 0 Å². The third kappa shape index (κ3) is 7.61. The number of ether oxygens (including phenoxy) is 1. The first-order chi connectivity index (χ1) is 25.8. The van der Waals surface area contributed by atoms with Crippen molar-refractivity contribution in [1.29, 1.82) is 0 Å². The molecule has 3 saturated carbocycles. The van der Waals surface area contributed by atoms with Crippen LogP contribution in [0, 0.1) is 39.9 Å². The van der Waals surface area contributed by atoms with E-state index in [0.717, 1.165) is 69.9 Å². The third-order valence-electron chi connectivity index (χ3n) is 14.6. The molecule has 0 radical (unpaired) electrons. The molecule has 13 nitrogen and oxygen atoms in total. The number of rotatable bonds is 10. The van der Waals surface area contributed by atoms with Gasteiger partial charge in [0.1, 0.15) is 11.9 Å². The standard InChI is InChI=1S/C40H60N8O5S.ClH/c1-6-38(4)21-29(39(5)25(2)7-12-40(26(3)34(38)52)13-8-28(49)33(39)40)53-31(51)23-54-22-27-9-16-46(17-10-27)30(50)11-18-48-24-43-32-35(44-37(41)45-36(32)48)47-19-14-42-15-20-47;/h6,24-27,29,33-34,42,52H,1,7-23H2,2-5H3,(H2,41,44,45);1H/t25-,26+,29-,33-,34+,38-,39+,40+;/m1./s1. The second-order valence-electron chi connectivity index (χ2n) is 17.4. The lowest BCUT2D eigenvalue weighted by atomic mass is 9.44. The Morgan fingerprint density at radius 2 is 1.85 bits per heavy atom. The summed E-state index contributed by atoms with van der Waals surface area (Å²) in [5.74, 6) is 2.43. The minimum atomic E-state index is -0.676. The van der Waals surface area contributed by atoms with Gasteiger partial charge in [0.25, 0.3) is 0 Å². The molecule has 8 atom stereocenters. The number of esters is 1. The number of imidazole rings is 1. The highest BCUT2D eigenvalue weighted by Gasteiger charge is 2.68. The Hall–Kier alpha value is -2.94. The number of hydrogen-bond acceptors (Lipinski definition) is 12.